The van der Waals surface area contributed by atoms with Gasteiger partial charge in [-0.15, -0.1) is 0 Å². The van der Waals surface area contributed by atoms with Gasteiger partial charge in [-0.25, -0.2) is 0 Å². The van der Waals surface area contributed by atoms with Crippen LogP contribution in [0, 0.1) is 0 Å². The molecule has 0 N–H and O–H groups in total. The Kier molecular flexibility index (Phi) is 7.69. The smallest absolute Gasteiger partial charge is 0.198 e. The van der Waals surface area contributed by atoms with Gasteiger partial charge in [0, 0.05) is 0 Å². The Hall–Kier alpha value is -1.64. The minimum Gasteiger partial charge on any atom is -0.198 e. The largest absolute Gasteiger partial charge is 0.445 e. The first kappa shape index (κ1) is 24.6. The lowest BCUT2D eigenvalue weighted by Crippen LogP contribution is -2.17. The van der Waals surface area contributed by atoms with Crippen molar-refractivity contribution in [3.8, 4) is 0 Å². The zero-order valence-electron chi connectivity index (χ0n) is 10.0. The minimum atomic E-state index is -5.94. The molecule has 0 saturated carbocycles. The molecule has 0 aliphatic rings. The highest BCUT2D eigenvalue weighted by atomic mass is 19.4. The molecule has 0 rings (SSSR count). The highest BCUT2D eigenvalue weighted by Gasteiger charge is 2.48. The van der Waals surface area contributed by atoms with Crippen LogP contribution in [0.25, 0.3) is 0 Å². The van der Waals surface area contributed by atoms with Crippen molar-refractivity contribution in [2.75, 3.05) is 0 Å². The van der Waals surface area contributed by atoms with E-state index < -0.39 is 48.0 Å². The average molecular weight is 400 g/mol. The standard InChI is InChI=1S/2C4F8/c2*5-1(3(7,8)9)2(6)4(10,11)12. The van der Waals surface area contributed by atoms with Crippen molar-refractivity contribution < 1.29 is 70.2 Å². The number of halogens is 16. The minimum absolute atomic E-state index is 3.77. The molecule has 0 bridgehead atoms. The molecule has 0 aromatic heterocycles. The summed E-state index contributed by atoms with van der Waals surface area (Å²) < 4.78 is 179. The van der Waals surface area contributed by atoms with Gasteiger partial charge in [0.05, 0.1) is 0 Å². The van der Waals surface area contributed by atoms with E-state index in [1.807, 2.05) is 0 Å². The monoisotopic (exact) mass is 400 g/mol. The van der Waals surface area contributed by atoms with E-state index in [4.69, 9.17) is 0 Å². The molecule has 0 fully saturated rings. The third kappa shape index (κ3) is 8.28. The Labute approximate surface area is 120 Å². The zero-order valence-corrected chi connectivity index (χ0v) is 10.0. The topological polar surface area (TPSA) is 0 Å². The number of hydrogen-bond donors (Lipinski definition) is 0. The van der Waals surface area contributed by atoms with Crippen LogP contribution in [-0.2, 0) is 0 Å². The summed E-state index contributed by atoms with van der Waals surface area (Å²) in [5, 5.41) is 0. The van der Waals surface area contributed by atoms with Crippen LogP contribution < -0.4 is 0 Å². The molecule has 0 nitrogen and oxygen atoms in total. The molecule has 0 aliphatic heterocycles. The molecule has 0 saturated heterocycles. The zero-order chi connectivity index (χ0) is 20.3. The number of allylic oxidation sites excluding steroid dienone is 4. The van der Waals surface area contributed by atoms with Crippen molar-refractivity contribution >= 4 is 0 Å². The third-order valence-corrected chi connectivity index (χ3v) is 1.38. The fraction of sp³-hybridized carbons (Fsp3) is 0.500. The van der Waals surface area contributed by atoms with E-state index in [0.717, 1.165) is 0 Å². The normalized spacial score (nSPS) is 16.0. The molecule has 0 atom stereocenters. The molecule has 0 aliphatic carbocycles. The predicted octanol–water partition coefficient (Wildman–Crippen LogP) is 6.52. The highest BCUT2D eigenvalue weighted by molar-refractivity contribution is 5.10. The first-order valence-corrected chi connectivity index (χ1v) is 4.52. The van der Waals surface area contributed by atoms with Crippen molar-refractivity contribution in [2.24, 2.45) is 0 Å². The van der Waals surface area contributed by atoms with E-state index in [0.29, 0.717) is 0 Å². The lowest BCUT2D eigenvalue weighted by Gasteiger charge is -2.07. The molecule has 0 radical (unpaired) electrons. The fourth-order valence-corrected chi connectivity index (χ4v) is 0.498. The van der Waals surface area contributed by atoms with Crippen molar-refractivity contribution in [1.29, 1.82) is 0 Å². The van der Waals surface area contributed by atoms with Crippen LogP contribution in [0.5, 0.6) is 0 Å². The van der Waals surface area contributed by atoms with E-state index in [9.17, 15) is 70.2 Å². The van der Waals surface area contributed by atoms with Gasteiger partial charge in [-0.2, -0.15) is 70.2 Å². The summed E-state index contributed by atoms with van der Waals surface area (Å²) in [5.41, 5.74) is 0. The van der Waals surface area contributed by atoms with Crippen molar-refractivity contribution in [2.45, 2.75) is 24.7 Å². The maximum atomic E-state index is 11.5. The second kappa shape index (κ2) is 7.50. The van der Waals surface area contributed by atoms with Gasteiger partial charge in [-0.05, 0) is 0 Å². The van der Waals surface area contributed by atoms with Crippen molar-refractivity contribution in [3.05, 3.63) is 23.3 Å². The molecule has 0 spiro atoms. The maximum absolute atomic E-state index is 11.5. The van der Waals surface area contributed by atoms with Gasteiger partial charge in [-0.1, -0.05) is 0 Å². The molecule has 0 aromatic rings. The summed E-state index contributed by atoms with van der Waals surface area (Å²) in [6.07, 6.45) is -23.8. The molecule has 0 amide bonds. The fourth-order valence-electron chi connectivity index (χ4n) is 0.498. The average Bonchev–Trinajstić information content (AvgIpc) is 2.31. The van der Waals surface area contributed by atoms with Gasteiger partial charge in [0.15, 0.2) is 0 Å². The van der Waals surface area contributed by atoms with Gasteiger partial charge in [0.2, 0.25) is 23.3 Å². The Balaban J connectivity index is 0. The summed E-state index contributed by atoms with van der Waals surface area (Å²) in [5.74, 6) is -15.1. The lowest BCUT2D eigenvalue weighted by atomic mass is 10.4. The molecule has 144 valence electrons. The highest BCUT2D eigenvalue weighted by Crippen LogP contribution is 2.38. The van der Waals surface area contributed by atoms with Gasteiger partial charge >= 0.3 is 24.7 Å². The molecule has 24 heavy (non-hydrogen) atoms. The molecule has 16 heteroatoms. The van der Waals surface area contributed by atoms with Gasteiger partial charge in [0.25, 0.3) is 0 Å². The number of hydrogen-bond acceptors (Lipinski definition) is 0. The first-order chi connectivity index (χ1) is 10.1. The Bertz CT molecular complexity index is 386. The van der Waals surface area contributed by atoms with E-state index in [2.05, 4.69) is 0 Å². The van der Waals surface area contributed by atoms with Gasteiger partial charge in [0.1, 0.15) is 0 Å². The molecular formula is C8F16. The molecule has 0 unspecified atom stereocenters. The van der Waals surface area contributed by atoms with Crippen LogP contribution in [0.3, 0.4) is 0 Å². The van der Waals surface area contributed by atoms with Gasteiger partial charge < -0.3 is 0 Å². The first-order valence-electron chi connectivity index (χ1n) is 4.52. The van der Waals surface area contributed by atoms with Crippen molar-refractivity contribution in [1.82, 2.24) is 0 Å². The summed E-state index contributed by atoms with van der Waals surface area (Å²) >= 11 is 0. The van der Waals surface area contributed by atoms with Crippen LogP contribution in [0.1, 0.15) is 0 Å². The quantitative estimate of drug-likeness (QED) is 0.406. The molecular weight excluding hydrogens is 400 g/mol. The number of rotatable bonds is 0. The van der Waals surface area contributed by atoms with E-state index in [-0.39, 0.29) is 0 Å². The van der Waals surface area contributed by atoms with Crippen LogP contribution >= 0.6 is 0 Å². The van der Waals surface area contributed by atoms with E-state index in [1.165, 1.54) is 0 Å². The third-order valence-electron chi connectivity index (χ3n) is 1.38. The van der Waals surface area contributed by atoms with Crippen molar-refractivity contribution in [3.63, 3.8) is 0 Å². The maximum Gasteiger partial charge on any atom is 0.445 e. The SMILES string of the molecule is FC(=C(F)C(F)(F)F)C(F)(F)F.FC(=C(F)C(F)(F)F)C(F)(F)F. The van der Waals surface area contributed by atoms with E-state index >= 15 is 0 Å². The number of alkyl halides is 12. The van der Waals surface area contributed by atoms with Crippen LogP contribution in [-0.4, -0.2) is 24.7 Å². The molecule has 0 heterocycles. The predicted molar refractivity (Wildman–Crippen MR) is 42.7 cm³/mol. The summed E-state index contributed by atoms with van der Waals surface area (Å²) in [6.45, 7) is 0. The second-order valence-electron chi connectivity index (χ2n) is 3.25. The van der Waals surface area contributed by atoms with Gasteiger partial charge in [-0.3, -0.25) is 0 Å². The van der Waals surface area contributed by atoms with Crippen LogP contribution in [0.2, 0.25) is 0 Å². The van der Waals surface area contributed by atoms with Crippen LogP contribution in [0.15, 0.2) is 23.3 Å². The lowest BCUT2D eigenvalue weighted by molar-refractivity contribution is -0.139. The Morgan fingerprint density at radius 3 is 0.417 bits per heavy atom. The van der Waals surface area contributed by atoms with Crippen LogP contribution in [0.4, 0.5) is 70.2 Å². The Morgan fingerprint density at radius 1 is 0.292 bits per heavy atom. The molecule has 0 aromatic carbocycles. The van der Waals surface area contributed by atoms with E-state index in [1.54, 1.807) is 0 Å². The summed E-state index contributed by atoms with van der Waals surface area (Å²) in [6, 6.07) is 0. The Morgan fingerprint density at radius 2 is 0.375 bits per heavy atom. The summed E-state index contributed by atoms with van der Waals surface area (Å²) in [4.78, 5) is 0. The second-order valence-corrected chi connectivity index (χ2v) is 3.25. The summed E-state index contributed by atoms with van der Waals surface area (Å²) in [7, 11) is 0.